The van der Waals surface area contributed by atoms with Crippen molar-refractivity contribution in [3.8, 4) is 0 Å². The molecule has 110 valence electrons. The van der Waals surface area contributed by atoms with Gasteiger partial charge in [-0.2, -0.15) is 5.10 Å². The molecule has 1 aromatic rings. The van der Waals surface area contributed by atoms with E-state index in [9.17, 15) is 0 Å². The maximum absolute atomic E-state index is 5.98. The van der Waals surface area contributed by atoms with E-state index >= 15 is 0 Å². The third kappa shape index (κ3) is 1.90. The number of halogens is 1. The smallest absolute Gasteiger partial charge is 0.0690 e. The number of hydrogen-bond donors (Lipinski definition) is 1. The molecule has 4 atom stereocenters. The van der Waals surface area contributed by atoms with Gasteiger partial charge in [0.25, 0.3) is 0 Å². The molecule has 2 aliphatic carbocycles. The predicted octanol–water partition coefficient (Wildman–Crippen LogP) is 2.58. The Kier molecular flexibility index (Phi) is 3.20. The van der Waals surface area contributed by atoms with Gasteiger partial charge >= 0.3 is 0 Å². The number of aromatic nitrogens is 2. The molecule has 3 fully saturated rings. The highest BCUT2D eigenvalue weighted by atomic mass is 79.9. The van der Waals surface area contributed by atoms with Crippen molar-refractivity contribution in [1.29, 1.82) is 0 Å². The minimum absolute atomic E-state index is 0.450. The van der Waals surface area contributed by atoms with Crippen LogP contribution in [-0.4, -0.2) is 34.6 Å². The molecule has 2 saturated carbocycles. The Bertz CT molecular complexity index is 499. The first-order valence-electron chi connectivity index (χ1n) is 7.75. The molecule has 1 saturated heterocycles. The highest BCUT2D eigenvalue weighted by Gasteiger charge is 2.66. The third-order valence-corrected chi connectivity index (χ3v) is 5.97. The van der Waals surface area contributed by atoms with Crippen LogP contribution in [0, 0.1) is 11.3 Å². The Morgan fingerprint density at radius 3 is 3.10 bits per heavy atom. The van der Waals surface area contributed by atoms with Gasteiger partial charge in [-0.25, -0.2) is 0 Å². The Labute approximate surface area is 128 Å². The summed E-state index contributed by atoms with van der Waals surface area (Å²) in [5.74, 6) is 0.752. The summed E-state index contributed by atoms with van der Waals surface area (Å²) in [5, 5.41) is 8.23. The van der Waals surface area contributed by atoms with Crippen LogP contribution in [0.2, 0.25) is 0 Å². The zero-order valence-corrected chi connectivity index (χ0v) is 13.5. The van der Waals surface area contributed by atoms with Crippen LogP contribution < -0.4 is 5.32 Å². The monoisotopic (exact) mass is 339 g/mol. The van der Waals surface area contributed by atoms with E-state index in [1.54, 1.807) is 0 Å². The highest BCUT2D eigenvalue weighted by molar-refractivity contribution is 9.10. The van der Waals surface area contributed by atoms with E-state index in [2.05, 4.69) is 33.3 Å². The maximum atomic E-state index is 5.98. The van der Waals surface area contributed by atoms with Gasteiger partial charge in [-0.3, -0.25) is 4.68 Å². The van der Waals surface area contributed by atoms with E-state index in [4.69, 9.17) is 4.74 Å². The number of ether oxygens (including phenoxy) is 1. The lowest BCUT2D eigenvalue weighted by Gasteiger charge is -2.64. The van der Waals surface area contributed by atoms with E-state index in [1.165, 1.54) is 25.7 Å². The lowest BCUT2D eigenvalue weighted by atomic mass is 9.46. The highest BCUT2D eigenvalue weighted by Crippen LogP contribution is 2.62. The maximum Gasteiger partial charge on any atom is 0.0690 e. The summed E-state index contributed by atoms with van der Waals surface area (Å²) in [6.07, 6.45) is 9.77. The van der Waals surface area contributed by atoms with Crippen molar-refractivity contribution in [3.05, 3.63) is 16.9 Å². The fraction of sp³-hybridized carbons (Fsp3) is 0.800. The van der Waals surface area contributed by atoms with E-state index in [1.807, 2.05) is 17.1 Å². The van der Waals surface area contributed by atoms with E-state index in [0.717, 1.165) is 23.5 Å². The van der Waals surface area contributed by atoms with Crippen LogP contribution >= 0.6 is 15.9 Å². The van der Waals surface area contributed by atoms with E-state index < -0.39 is 0 Å². The minimum Gasteiger partial charge on any atom is -0.377 e. The molecule has 4 rings (SSSR count). The molecule has 1 N–H and O–H groups in total. The van der Waals surface area contributed by atoms with Crippen molar-refractivity contribution in [2.24, 2.45) is 11.3 Å². The van der Waals surface area contributed by atoms with E-state index in [0.29, 0.717) is 23.6 Å². The molecule has 1 spiro atoms. The molecule has 0 bridgehead atoms. The first kappa shape index (κ1) is 13.3. The molecule has 0 aromatic carbocycles. The van der Waals surface area contributed by atoms with Gasteiger partial charge in [-0.15, -0.1) is 0 Å². The second-order valence-electron chi connectivity index (χ2n) is 6.76. The lowest BCUT2D eigenvalue weighted by molar-refractivity contribution is -0.178. The summed E-state index contributed by atoms with van der Waals surface area (Å²) in [4.78, 5) is 0. The van der Waals surface area contributed by atoms with Gasteiger partial charge in [0.2, 0.25) is 0 Å². The molecule has 3 aliphatic rings. The molecule has 2 heterocycles. The van der Waals surface area contributed by atoms with Crippen molar-refractivity contribution in [2.75, 3.05) is 6.61 Å². The average molecular weight is 340 g/mol. The van der Waals surface area contributed by atoms with Crippen LogP contribution in [-0.2, 0) is 11.3 Å². The second-order valence-corrected chi connectivity index (χ2v) is 7.67. The summed E-state index contributed by atoms with van der Waals surface area (Å²) in [6.45, 7) is 4.16. The van der Waals surface area contributed by atoms with Gasteiger partial charge in [0.1, 0.15) is 0 Å². The standard InChI is InChI=1S/C15H22BrN3O/c1-10(8-19-9-11(16)7-17-19)18-13-12-3-6-20-14(12)15(13)4-2-5-15/h7,9-10,12-14,18H,2-6,8H2,1H3. The lowest BCUT2D eigenvalue weighted by Crippen LogP contribution is -2.72. The van der Waals surface area contributed by atoms with Crippen LogP contribution in [0.25, 0.3) is 0 Å². The molecule has 0 radical (unpaired) electrons. The first-order valence-corrected chi connectivity index (χ1v) is 8.54. The SMILES string of the molecule is CC(Cn1cc(Br)cn1)NC1C2CCOC2C12CCC2. The largest absolute Gasteiger partial charge is 0.377 e. The predicted molar refractivity (Wildman–Crippen MR) is 80.4 cm³/mol. The van der Waals surface area contributed by atoms with Gasteiger partial charge < -0.3 is 10.1 Å². The normalized spacial score (nSPS) is 35.4. The molecule has 4 unspecified atom stereocenters. The fourth-order valence-electron chi connectivity index (χ4n) is 4.57. The van der Waals surface area contributed by atoms with Crippen molar-refractivity contribution in [2.45, 2.75) is 57.3 Å². The summed E-state index contributed by atoms with van der Waals surface area (Å²) >= 11 is 3.45. The molecule has 4 nitrogen and oxygen atoms in total. The second kappa shape index (κ2) is 4.82. The Hall–Kier alpha value is -0.390. The molecule has 5 heteroatoms. The van der Waals surface area contributed by atoms with Crippen LogP contribution in [0.1, 0.15) is 32.6 Å². The molecular formula is C15H22BrN3O. The molecule has 1 aromatic heterocycles. The Morgan fingerprint density at radius 1 is 1.60 bits per heavy atom. The summed E-state index contributed by atoms with van der Waals surface area (Å²) in [7, 11) is 0. The Balaban J connectivity index is 1.40. The molecular weight excluding hydrogens is 318 g/mol. The summed E-state index contributed by atoms with van der Waals surface area (Å²) in [5.41, 5.74) is 0.472. The average Bonchev–Trinajstić information content (AvgIpc) is 2.92. The molecule has 0 amide bonds. The number of rotatable bonds is 4. The first-order chi connectivity index (χ1) is 9.69. The number of nitrogens with zero attached hydrogens (tertiary/aromatic N) is 2. The van der Waals surface area contributed by atoms with Gasteiger partial charge in [0.05, 0.1) is 23.3 Å². The molecule has 20 heavy (non-hydrogen) atoms. The zero-order chi connectivity index (χ0) is 13.7. The zero-order valence-electron chi connectivity index (χ0n) is 11.9. The molecule has 1 aliphatic heterocycles. The van der Waals surface area contributed by atoms with Gasteiger partial charge in [-0.1, -0.05) is 6.42 Å². The van der Waals surface area contributed by atoms with Crippen molar-refractivity contribution >= 4 is 15.9 Å². The van der Waals surface area contributed by atoms with Crippen LogP contribution in [0.5, 0.6) is 0 Å². The van der Waals surface area contributed by atoms with Crippen LogP contribution in [0.3, 0.4) is 0 Å². The van der Waals surface area contributed by atoms with Crippen LogP contribution in [0.4, 0.5) is 0 Å². The number of fused-ring (bicyclic) bond motifs is 2. The summed E-state index contributed by atoms with van der Waals surface area (Å²) in [6, 6.07) is 1.11. The quantitative estimate of drug-likeness (QED) is 0.916. The van der Waals surface area contributed by atoms with Crippen LogP contribution in [0.15, 0.2) is 16.9 Å². The number of hydrogen-bond acceptors (Lipinski definition) is 3. The Morgan fingerprint density at radius 2 is 2.45 bits per heavy atom. The third-order valence-electron chi connectivity index (χ3n) is 5.56. The number of nitrogens with one attached hydrogen (secondary N) is 1. The summed E-state index contributed by atoms with van der Waals surface area (Å²) < 4.78 is 9.04. The van der Waals surface area contributed by atoms with E-state index in [-0.39, 0.29) is 0 Å². The van der Waals surface area contributed by atoms with Crippen molar-refractivity contribution in [1.82, 2.24) is 15.1 Å². The van der Waals surface area contributed by atoms with Gasteiger partial charge in [-0.05, 0) is 42.1 Å². The van der Waals surface area contributed by atoms with Crippen molar-refractivity contribution in [3.63, 3.8) is 0 Å². The van der Waals surface area contributed by atoms with Gasteiger partial charge in [0.15, 0.2) is 0 Å². The van der Waals surface area contributed by atoms with Crippen molar-refractivity contribution < 1.29 is 4.74 Å². The minimum atomic E-state index is 0.450. The van der Waals surface area contributed by atoms with Gasteiger partial charge in [0, 0.05) is 36.2 Å². The topological polar surface area (TPSA) is 39.1 Å². The fourth-order valence-corrected chi connectivity index (χ4v) is 4.90.